The van der Waals surface area contributed by atoms with Crippen LogP contribution in [0.5, 0.6) is 11.5 Å². The molecule has 0 bridgehead atoms. The summed E-state index contributed by atoms with van der Waals surface area (Å²) in [5, 5.41) is 0.977. The molecule has 2 N–H and O–H groups in total. The third-order valence-corrected chi connectivity index (χ3v) is 5.26. The maximum atomic E-state index is 11.9. The third kappa shape index (κ3) is 4.82. The van der Waals surface area contributed by atoms with Gasteiger partial charge < -0.3 is 15.2 Å². The van der Waals surface area contributed by atoms with Crippen molar-refractivity contribution in [1.29, 1.82) is 0 Å². The van der Waals surface area contributed by atoms with Crippen LogP contribution in [0.1, 0.15) is 16.7 Å². The summed E-state index contributed by atoms with van der Waals surface area (Å²) in [4.78, 5) is 15.9. The lowest BCUT2D eigenvalue weighted by Crippen LogP contribution is -2.11. The Hall–Kier alpha value is -2.15. The van der Waals surface area contributed by atoms with Gasteiger partial charge in [-0.3, -0.25) is 4.79 Å². The lowest BCUT2D eigenvalue weighted by atomic mass is 10.1. The second-order valence-corrected chi connectivity index (χ2v) is 8.00. The van der Waals surface area contributed by atoms with Gasteiger partial charge in [0, 0.05) is 10.6 Å². The zero-order valence-electron chi connectivity index (χ0n) is 15.3. The number of hydrogen-bond acceptors (Lipinski definition) is 5. The van der Waals surface area contributed by atoms with Crippen molar-refractivity contribution in [2.45, 2.75) is 13.8 Å². The van der Waals surface area contributed by atoms with Gasteiger partial charge in [0.2, 0.25) is 0 Å². The van der Waals surface area contributed by atoms with E-state index in [1.165, 1.54) is 0 Å². The molecule has 0 unspecified atom stereocenters. The molecule has 0 aliphatic carbocycles. The number of aliphatic imine (C=N–C) groups is 1. The molecule has 0 radical (unpaired) electrons. The van der Waals surface area contributed by atoms with Crippen molar-refractivity contribution in [3.8, 4) is 11.5 Å². The first kappa shape index (κ1) is 20.6. The molecule has 0 spiro atoms. The van der Waals surface area contributed by atoms with Gasteiger partial charge in [0.25, 0.3) is 5.91 Å². The molecular weight excluding hydrogens is 419 g/mol. The third-order valence-electron chi connectivity index (χ3n) is 3.95. The summed E-state index contributed by atoms with van der Waals surface area (Å²) in [6.07, 6.45) is 1.62. The number of hydrogen-bond donors (Lipinski definition) is 1. The first-order valence-electron chi connectivity index (χ1n) is 8.44. The van der Waals surface area contributed by atoms with E-state index in [1.54, 1.807) is 18.2 Å². The lowest BCUT2D eigenvalue weighted by Gasteiger charge is -2.15. The number of thioether (sulfide) groups is 1. The van der Waals surface area contributed by atoms with E-state index in [4.69, 9.17) is 38.4 Å². The summed E-state index contributed by atoms with van der Waals surface area (Å²) in [5.41, 5.74) is 8.29. The molecule has 8 heteroatoms. The van der Waals surface area contributed by atoms with E-state index < -0.39 is 5.91 Å². The fraction of sp³-hybridized carbons (Fsp3) is 0.200. The van der Waals surface area contributed by atoms with Gasteiger partial charge in [-0.1, -0.05) is 41.4 Å². The normalized spacial score (nSPS) is 15.1. The molecule has 0 saturated heterocycles. The molecule has 1 amide bonds. The van der Waals surface area contributed by atoms with E-state index in [0.29, 0.717) is 32.9 Å². The molecule has 146 valence electrons. The fourth-order valence-electron chi connectivity index (χ4n) is 2.72. The highest BCUT2D eigenvalue weighted by molar-refractivity contribution is 8.18. The molecule has 1 heterocycles. The average molecular weight is 437 g/mol. The van der Waals surface area contributed by atoms with Crippen LogP contribution < -0.4 is 15.2 Å². The van der Waals surface area contributed by atoms with Crippen LogP contribution in [0.3, 0.4) is 0 Å². The molecule has 1 aliphatic rings. The van der Waals surface area contributed by atoms with Crippen molar-refractivity contribution in [3.05, 3.63) is 62.0 Å². The summed E-state index contributed by atoms with van der Waals surface area (Å²) in [6, 6.07) is 9.23. The molecule has 2 aromatic rings. The van der Waals surface area contributed by atoms with Crippen LogP contribution in [0.15, 0.2) is 40.2 Å². The molecule has 28 heavy (non-hydrogen) atoms. The maximum Gasteiger partial charge on any atom is 0.286 e. The van der Waals surface area contributed by atoms with E-state index in [2.05, 4.69) is 4.99 Å². The lowest BCUT2D eigenvalue weighted by molar-refractivity contribution is -0.113. The highest BCUT2D eigenvalue weighted by Crippen LogP contribution is 2.36. The Kier molecular flexibility index (Phi) is 6.54. The molecular formula is C20H18Cl2N2O3S. The Morgan fingerprint density at radius 3 is 2.36 bits per heavy atom. The number of para-hydroxylation sites is 1. The molecule has 1 aliphatic heterocycles. The number of amides is 1. The van der Waals surface area contributed by atoms with Crippen LogP contribution in [0.25, 0.3) is 6.08 Å². The minimum absolute atomic E-state index is 0.203. The van der Waals surface area contributed by atoms with Crippen LogP contribution in [0, 0.1) is 13.8 Å². The van der Waals surface area contributed by atoms with Gasteiger partial charge in [-0.15, -0.1) is 0 Å². The number of amidine groups is 1. The van der Waals surface area contributed by atoms with Crippen LogP contribution >= 0.6 is 35.0 Å². The van der Waals surface area contributed by atoms with Crippen LogP contribution in [0.4, 0.5) is 0 Å². The van der Waals surface area contributed by atoms with E-state index in [1.807, 2.05) is 32.0 Å². The number of rotatable bonds is 6. The SMILES string of the molecule is Cc1cccc(C)c1OCCOc1c(Cl)cc(Cl)cc1/C=C1\SC(N)=NC1=O. The monoisotopic (exact) mass is 436 g/mol. The van der Waals surface area contributed by atoms with Crippen molar-refractivity contribution >= 4 is 52.1 Å². The Morgan fingerprint density at radius 2 is 1.75 bits per heavy atom. The number of nitrogens with two attached hydrogens (primary N) is 1. The molecule has 3 rings (SSSR count). The summed E-state index contributed by atoms with van der Waals surface area (Å²) >= 11 is 13.5. The topological polar surface area (TPSA) is 73.9 Å². The van der Waals surface area contributed by atoms with E-state index in [9.17, 15) is 4.79 Å². The van der Waals surface area contributed by atoms with Crippen molar-refractivity contribution in [1.82, 2.24) is 0 Å². The van der Waals surface area contributed by atoms with Crippen molar-refractivity contribution in [2.24, 2.45) is 10.7 Å². The van der Waals surface area contributed by atoms with Gasteiger partial charge in [0.1, 0.15) is 24.7 Å². The van der Waals surface area contributed by atoms with E-state index in [-0.39, 0.29) is 11.8 Å². The number of benzene rings is 2. The number of nitrogens with zero attached hydrogens (tertiary/aromatic N) is 1. The number of carbonyl (C=O) groups excluding carboxylic acids is 1. The highest BCUT2D eigenvalue weighted by atomic mass is 35.5. The second-order valence-electron chi connectivity index (χ2n) is 6.09. The summed E-state index contributed by atoms with van der Waals surface area (Å²) < 4.78 is 11.7. The number of carbonyl (C=O) groups is 1. The van der Waals surface area contributed by atoms with Crippen LogP contribution in [0.2, 0.25) is 10.0 Å². The Bertz CT molecular complexity index is 969. The van der Waals surface area contributed by atoms with Crippen LogP contribution in [-0.4, -0.2) is 24.3 Å². The number of aryl methyl sites for hydroxylation is 2. The Balaban J connectivity index is 1.73. The zero-order chi connectivity index (χ0) is 20.3. The fourth-order valence-corrected chi connectivity index (χ4v) is 3.96. The highest BCUT2D eigenvalue weighted by Gasteiger charge is 2.21. The molecule has 0 fully saturated rings. The molecule has 0 atom stereocenters. The minimum Gasteiger partial charge on any atom is -0.489 e. The van der Waals surface area contributed by atoms with Gasteiger partial charge >= 0.3 is 0 Å². The minimum atomic E-state index is -0.400. The average Bonchev–Trinajstić information content (AvgIpc) is 2.92. The number of ether oxygens (including phenoxy) is 2. The van der Waals surface area contributed by atoms with Gasteiger partial charge in [0.05, 0.1) is 9.93 Å². The Morgan fingerprint density at radius 1 is 1.11 bits per heavy atom. The van der Waals surface area contributed by atoms with Gasteiger partial charge in [0.15, 0.2) is 5.17 Å². The van der Waals surface area contributed by atoms with Crippen molar-refractivity contribution < 1.29 is 14.3 Å². The van der Waals surface area contributed by atoms with Gasteiger partial charge in [-0.25, -0.2) is 0 Å². The molecule has 2 aromatic carbocycles. The quantitative estimate of drug-likeness (QED) is 0.509. The van der Waals surface area contributed by atoms with E-state index in [0.717, 1.165) is 28.6 Å². The predicted octanol–water partition coefficient (Wildman–Crippen LogP) is 5.00. The van der Waals surface area contributed by atoms with Crippen LogP contribution in [-0.2, 0) is 4.79 Å². The smallest absolute Gasteiger partial charge is 0.286 e. The molecule has 0 aromatic heterocycles. The largest absolute Gasteiger partial charge is 0.489 e. The zero-order valence-corrected chi connectivity index (χ0v) is 17.6. The van der Waals surface area contributed by atoms with E-state index >= 15 is 0 Å². The summed E-state index contributed by atoms with van der Waals surface area (Å²) in [7, 11) is 0. The van der Waals surface area contributed by atoms with Crippen molar-refractivity contribution in [3.63, 3.8) is 0 Å². The van der Waals surface area contributed by atoms with Gasteiger partial charge in [-0.2, -0.15) is 4.99 Å². The standard InChI is InChI=1S/C20H18Cl2N2O3S/c1-11-4-3-5-12(2)17(11)26-6-7-27-18-13(8-14(21)10-15(18)22)9-16-19(25)24-20(23)28-16/h3-5,8-10H,6-7H2,1-2H3,(H2,23,24,25)/b16-9-. The second kappa shape index (κ2) is 8.90. The predicted molar refractivity (Wildman–Crippen MR) is 116 cm³/mol. The number of halogens is 2. The molecule has 5 nitrogen and oxygen atoms in total. The Labute approximate surface area is 177 Å². The van der Waals surface area contributed by atoms with Crippen molar-refractivity contribution in [2.75, 3.05) is 13.2 Å². The first-order chi connectivity index (χ1) is 13.3. The van der Waals surface area contributed by atoms with Gasteiger partial charge in [-0.05, 0) is 54.9 Å². The maximum absolute atomic E-state index is 11.9. The summed E-state index contributed by atoms with van der Waals surface area (Å²) in [5.74, 6) is 0.863. The summed E-state index contributed by atoms with van der Waals surface area (Å²) in [6.45, 7) is 4.59. The molecule has 0 saturated carbocycles. The first-order valence-corrected chi connectivity index (χ1v) is 10.0.